The second-order valence-corrected chi connectivity index (χ2v) is 8.86. The van der Waals surface area contributed by atoms with E-state index >= 15 is 0 Å². The molecular formula is C24H44ClNO5. The second kappa shape index (κ2) is 22.4. The largest absolute Gasteiger partial charge is 0.323 e. The number of hydrogen-bond donors (Lipinski definition) is 0. The quantitative estimate of drug-likeness (QED) is 0.232. The molecule has 0 fully saturated rings. The van der Waals surface area contributed by atoms with Gasteiger partial charge in [0.25, 0.3) is 6.73 Å². The Morgan fingerprint density at radius 2 is 0.935 bits per heavy atom. The Hall–Kier alpha value is -0.760. The van der Waals surface area contributed by atoms with Gasteiger partial charge in [-0.2, -0.15) is 4.57 Å². The number of unbranched alkanes of at least 4 members (excludes halogenated alkanes) is 15. The maximum Gasteiger partial charge on any atom is 0.252 e. The first-order valence-electron chi connectivity index (χ1n) is 12.1. The van der Waals surface area contributed by atoms with E-state index in [0.717, 1.165) is 6.61 Å². The number of ether oxygens (including phenoxy) is 1. The summed E-state index contributed by atoms with van der Waals surface area (Å²) in [7, 11) is -4.94. The van der Waals surface area contributed by atoms with Gasteiger partial charge in [-0.3, -0.25) is 0 Å². The van der Waals surface area contributed by atoms with E-state index in [4.69, 9.17) is 23.4 Å². The number of nitrogens with zero attached hydrogens (tertiary/aromatic N) is 1. The van der Waals surface area contributed by atoms with E-state index in [2.05, 4.69) is 11.5 Å². The van der Waals surface area contributed by atoms with E-state index in [0.29, 0.717) is 6.73 Å². The summed E-state index contributed by atoms with van der Waals surface area (Å²) >= 11 is 0. The molecule has 182 valence electrons. The Morgan fingerprint density at radius 3 is 1.32 bits per heavy atom. The lowest BCUT2D eigenvalue weighted by Gasteiger charge is -2.17. The van der Waals surface area contributed by atoms with Crippen LogP contribution < -0.4 is 23.2 Å². The number of hydrogen-bond acceptors (Lipinski definition) is 5. The summed E-state index contributed by atoms with van der Waals surface area (Å²) in [6.45, 7) is 3.86. The van der Waals surface area contributed by atoms with Gasteiger partial charge in [0, 0.05) is 12.1 Å². The highest BCUT2D eigenvalue weighted by Gasteiger charge is 1.98. The molecule has 0 amide bonds. The molecule has 0 spiro atoms. The molecule has 0 radical (unpaired) electrons. The van der Waals surface area contributed by atoms with Gasteiger partial charge in [-0.1, -0.05) is 109 Å². The maximum atomic E-state index is 8.49. The molecule has 0 aliphatic rings. The lowest BCUT2D eigenvalue weighted by atomic mass is 10.0. The Kier molecular flexibility index (Phi) is 21.9. The zero-order valence-electron chi connectivity index (χ0n) is 19.5. The van der Waals surface area contributed by atoms with Crippen LogP contribution in [0.1, 0.15) is 110 Å². The minimum atomic E-state index is -4.94. The van der Waals surface area contributed by atoms with Crippen LogP contribution in [0.4, 0.5) is 0 Å². The van der Waals surface area contributed by atoms with Gasteiger partial charge >= 0.3 is 0 Å². The normalized spacial score (nSPS) is 11.3. The second-order valence-electron chi connectivity index (χ2n) is 8.11. The molecule has 0 aliphatic heterocycles. The third-order valence-electron chi connectivity index (χ3n) is 5.16. The predicted molar refractivity (Wildman–Crippen MR) is 112 cm³/mol. The molecule has 0 aliphatic carbocycles. The summed E-state index contributed by atoms with van der Waals surface area (Å²) in [5, 5.41) is 0. The Bertz CT molecular complexity index is 465. The third-order valence-corrected chi connectivity index (χ3v) is 5.16. The minimum Gasteiger partial charge on any atom is -0.323 e. The van der Waals surface area contributed by atoms with Crippen molar-refractivity contribution in [1.82, 2.24) is 0 Å². The summed E-state index contributed by atoms with van der Waals surface area (Å²) in [4.78, 5) is 0. The molecule has 1 rings (SSSR count). The predicted octanol–water partition coefficient (Wildman–Crippen LogP) is 2.45. The molecule has 0 saturated carbocycles. The van der Waals surface area contributed by atoms with Crippen molar-refractivity contribution in [3.63, 3.8) is 0 Å². The highest BCUT2D eigenvalue weighted by molar-refractivity contribution is 4.83. The number of rotatable bonds is 19. The van der Waals surface area contributed by atoms with Crippen LogP contribution in [0.5, 0.6) is 0 Å². The fraction of sp³-hybridized carbons (Fsp3) is 0.792. The minimum absolute atomic E-state index is 0.680. The molecule has 0 bridgehead atoms. The van der Waals surface area contributed by atoms with Crippen molar-refractivity contribution < 1.29 is 38.2 Å². The van der Waals surface area contributed by atoms with Gasteiger partial charge in [0.15, 0.2) is 12.4 Å². The van der Waals surface area contributed by atoms with Crippen LogP contribution >= 0.6 is 0 Å². The molecule has 0 saturated heterocycles. The van der Waals surface area contributed by atoms with Crippen molar-refractivity contribution in [2.45, 2.75) is 116 Å². The van der Waals surface area contributed by atoms with Gasteiger partial charge in [0.2, 0.25) is 0 Å². The van der Waals surface area contributed by atoms with Gasteiger partial charge in [-0.25, -0.2) is 18.6 Å². The molecule has 1 heterocycles. The number of pyridine rings is 1. The van der Waals surface area contributed by atoms with E-state index in [1.807, 2.05) is 30.6 Å². The first-order valence-corrected chi connectivity index (χ1v) is 13.3. The van der Waals surface area contributed by atoms with Crippen molar-refractivity contribution in [1.29, 1.82) is 0 Å². The van der Waals surface area contributed by atoms with Crippen molar-refractivity contribution in [2.75, 3.05) is 6.61 Å². The zero-order valence-corrected chi connectivity index (χ0v) is 20.2. The van der Waals surface area contributed by atoms with Crippen LogP contribution in [0.15, 0.2) is 30.6 Å². The van der Waals surface area contributed by atoms with Crippen LogP contribution in [0, 0.1) is 10.2 Å². The molecule has 0 aromatic carbocycles. The average Bonchev–Trinajstić information content (AvgIpc) is 2.72. The summed E-state index contributed by atoms with van der Waals surface area (Å²) in [6.07, 6.45) is 26.7. The standard InChI is InChI=1S/C24H44NO.ClHO4/c1-2-3-4-5-6-7-8-9-10-11-12-13-14-15-16-20-23-26-24-25-21-18-17-19-22-25;2-1(3,4)5/h17-19,21-22H,2-16,20,23-24H2,1H3;(H,2,3,4,5)/q+1;/p-1. The Balaban J connectivity index is 0.00000161. The molecule has 1 aromatic heterocycles. The van der Waals surface area contributed by atoms with E-state index in [1.165, 1.54) is 103 Å². The van der Waals surface area contributed by atoms with E-state index in [-0.39, 0.29) is 0 Å². The average molecular weight is 462 g/mol. The SMILES string of the molecule is CCCCCCCCCCCCCCCCCCOC[n+]1ccccc1.[O-][Cl+3]([O-])([O-])[O-]. The highest BCUT2D eigenvalue weighted by Crippen LogP contribution is 2.13. The first-order chi connectivity index (χ1) is 14.9. The lowest BCUT2D eigenvalue weighted by molar-refractivity contribution is -2.00. The topological polar surface area (TPSA) is 105 Å². The van der Waals surface area contributed by atoms with Crippen LogP contribution in [-0.4, -0.2) is 6.61 Å². The highest BCUT2D eigenvalue weighted by atomic mass is 35.7. The van der Waals surface area contributed by atoms with Gasteiger partial charge in [0.05, 0.1) is 6.61 Å². The monoisotopic (exact) mass is 461 g/mol. The fourth-order valence-corrected chi connectivity index (χ4v) is 3.44. The van der Waals surface area contributed by atoms with Crippen molar-refractivity contribution >= 4 is 0 Å². The summed E-state index contributed by atoms with van der Waals surface area (Å²) in [5.74, 6) is 0. The van der Waals surface area contributed by atoms with Gasteiger partial charge < -0.3 is 4.74 Å². The van der Waals surface area contributed by atoms with E-state index in [1.54, 1.807) is 0 Å². The first kappa shape index (κ1) is 30.2. The zero-order chi connectivity index (χ0) is 23.0. The van der Waals surface area contributed by atoms with Gasteiger partial charge in [-0.15, -0.1) is 10.2 Å². The molecule has 7 heteroatoms. The van der Waals surface area contributed by atoms with Gasteiger partial charge in [0.1, 0.15) is 0 Å². The molecule has 6 nitrogen and oxygen atoms in total. The fourth-order valence-electron chi connectivity index (χ4n) is 3.44. The summed E-state index contributed by atoms with van der Waals surface area (Å²) in [6, 6.07) is 6.11. The molecular weight excluding hydrogens is 418 g/mol. The number of halogens is 1. The molecule has 0 unspecified atom stereocenters. The van der Waals surface area contributed by atoms with E-state index in [9.17, 15) is 0 Å². The molecule has 0 atom stereocenters. The lowest BCUT2D eigenvalue weighted by Crippen LogP contribution is -2.68. The van der Waals surface area contributed by atoms with Gasteiger partial charge in [-0.05, 0) is 6.42 Å². The Morgan fingerprint density at radius 1 is 0.581 bits per heavy atom. The van der Waals surface area contributed by atoms with Crippen molar-refractivity contribution in [2.24, 2.45) is 0 Å². The maximum absolute atomic E-state index is 8.49. The summed E-state index contributed by atoms with van der Waals surface area (Å²) in [5.41, 5.74) is 0. The van der Waals surface area contributed by atoms with E-state index < -0.39 is 10.2 Å². The summed E-state index contributed by atoms with van der Waals surface area (Å²) < 4.78 is 41.7. The van der Waals surface area contributed by atoms with Crippen LogP contribution in [-0.2, 0) is 11.5 Å². The Labute approximate surface area is 192 Å². The number of aromatic nitrogens is 1. The smallest absolute Gasteiger partial charge is 0.252 e. The van der Waals surface area contributed by atoms with Crippen molar-refractivity contribution in [3.05, 3.63) is 30.6 Å². The molecule has 1 aromatic rings. The van der Waals surface area contributed by atoms with Crippen LogP contribution in [0.3, 0.4) is 0 Å². The molecule has 0 N–H and O–H groups in total. The van der Waals surface area contributed by atoms with Crippen LogP contribution in [0.25, 0.3) is 0 Å². The van der Waals surface area contributed by atoms with Crippen molar-refractivity contribution in [3.8, 4) is 0 Å². The van der Waals surface area contributed by atoms with Crippen LogP contribution in [0.2, 0.25) is 0 Å². The molecule has 31 heavy (non-hydrogen) atoms. The third kappa shape index (κ3) is 29.2.